The van der Waals surface area contributed by atoms with Gasteiger partial charge in [-0.3, -0.25) is 9.59 Å². The van der Waals surface area contributed by atoms with Crippen molar-refractivity contribution in [1.29, 1.82) is 0 Å². The largest absolute Gasteiger partial charge is 0.386 e. The predicted octanol–water partition coefficient (Wildman–Crippen LogP) is 3.90. The van der Waals surface area contributed by atoms with E-state index in [1.54, 1.807) is 12.1 Å². The third kappa shape index (κ3) is 6.29. The first kappa shape index (κ1) is 22.8. The summed E-state index contributed by atoms with van der Waals surface area (Å²) >= 11 is 0. The molecule has 0 unspecified atom stereocenters. The Bertz CT molecular complexity index is 720. The number of amides is 2. The molecule has 166 valence electrons. The third-order valence-electron chi connectivity index (χ3n) is 6.01. The van der Waals surface area contributed by atoms with Crippen molar-refractivity contribution in [3.8, 4) is 0 Å². The number of hydrogen-bond donors (Lipinski definition) is 2. The molecule has 30 heavy (non-hydrogen) atoms. The highest BCUT2D eigenvalue weighted by Crippen LogP contribution is 2.30. The maximum Gasteiger partial charge on any atom is 0.249 e. The molecule has 1 aliphatic heterocycles. The highest BCUT2D eigenvalue weighted by Gasteiger charge is 2.36. The number of rotatable bonds is 6. The van der Waals surface area contributed by atoms with Crippen molar-refractivity contribution in [2.45, 2.75) is 71.4 Å². The van der Waals surface area contributed by atoms with Crippen LogP contribution < -0.4 is 5.32 Å². The van der Waals surface area contributed by atoms with Crippen LogP contribution in [0.2, 0.25) is 0 Å². The van der Waals surface area contributed by atoms with Crippen molar-refractivity contribution in [3.05, 3.63) is 29.8 Å². The Hall–Kier alpha value is -1.92. The van der Waals surface area contributed by atoms with Crippen LogP contribution in [0.1, 0.15) is 71.0 Å². The highest BCUT2D eigenvalue weighted by atomic mass is 16.5. The Morgan fingerprint density at radius 1 is 1.20 bits per heavy atom. The van der Waals surface area contributed by atoms with E-state index >= 15 is 0 Å². The number of anilines is 1. The molecule has 0 bridgehead atoms. The Morgan fingerprint density at radius 2 is 1.87 bits per heavy atom. The first-order valence-electron chi connectivity index (χ1n) is 11.2. The van der Waals surface area contributed by atoms with E-state index in [0.717, 1.165) is 18.4 Å². The Kier molecular flexibility index (Phi) is 7.53. The summed E-state index contributed by atoms with van der Waals surface area (Å²) in [6, 6.07) is 6.85. The van der Waals surface area contributed by atoms with Crippen LogP contribution in [0.3, 0.4) is 0 Å². The lowest BCUT2D eigenvalue weighted by molar-refractivity contribution is -0.155. The van der Waals surface area contributed by atoms with Crippen LogP contribution in [0.4, 0.5) is 5.69 Å². The molecule has 2 atom stereocenters. The van der Waals surface area contributed by atoms with Gasteiger partial charge in [0, 0.05) is 18.7 Å². The van der Waals surface area contributed by atoms with E-state index in [0.29, 0.717) is 31.2 Å². The summed E-state index contributed by atoms with van der Waals surface area (Å²) in [6.45, 7) is 7.21. The van der Waals surface area contributed by atoms with E-state index in [9.17, 15) is 14.7 Å². The molecule has 0 spiro atoms. The molecule has 1 aliphatic carbocycles. The number of carbonyl (C=O) groups is 2. The fourth-order valence-electron chi connectivity index (χ4n) is 4.44. The summed E-state index contributed by atoms with van der Waals surface area (Å²) in [5, 5.41) is 13.9. The lowest BCUT2D eigenvalue weighted by atomic mass is 9.88. The van der Waals surface area contributed by atoms with Crippen molar-refractivity contribution >= 4 is 17.5 Å². The van der Waals surface area contributed by atoms with Crippen LogP contribution in [-0.2, 0) is 14.3 Å². The number of carbonyl (C=O) groups excluding carboxylic acids is 2. The van der Waals surface area contributed by atoms with Gasteiger partial charge in [-0.2, -0.15) is 0 Å². The van der Waals surface area contributed by atoms with Crippen LogP contribution in [0, 0.1) is 11.3 Å². The van der Waals surface area contributed by atoms with Gasteiger partial charge in [0.15, 0.2) is 0 Å². The minimum absolute atomic E-state index is 0.0271. The second-order valence-electron chi connectivity index (χ2n) is 9.99. The van der Waals surface area contributed by atoms with Gasteiger partial charge in [-0.15, -0.1) is 0 Å². The average Bonchev–Trinajstić information content (AvgIpc) is 2.69. The zero-order chi connectivity index (χ0) is 21.7. The second-order valence-corrected chi connectivity index (χ2v) is 9.99. The topological polar surface area (TPSA) is 78.9 Å². The highest BCUT2D eigenvalue weighted by molar-refractivity contribution is 5.91. The minimum atomic E-state index is -0.822. The maximum atomic E-state index is 12.5. The molecule has 1 saturated carbocycles. The predicted molar refractivity (Wildman–Crippen MR) is 117 cm³/mol. The third-order valence-corrected chi connectivity index (χ3v) is 6.01. The van der Waals surface area contributed by atoms with Gasteiger partial charge >= 0.3 is 0 Å². The van der Waals surface area contributed by atoms with E-state index in [4.69, 9.17) is 4.74 Å². The maximum absolute atomic E-state index is 12.5. The molecule has 2 fully saturated rings. The molecule has 1 aromatic carbocycles. The fraction of sp³-hybridized carbons (Fsp3) is 0.667. The standard InChI is InChI=1S/C24H36N2O4/c1-24(2,3)13-21(27)25-19-11-9-18(10-12-19)23(29)20-15-30-16-22(28)26(20)14-17-7-5-4-6-8-17/h9-12,17,20,23,29H,4-8,13-16H2,1-3H3,(H,25,27)/t20-,23-/m1/s1. The average molecular weight is 417 g/mol. The zero-order valence-electron chi connectivity index (χ0n) is 18.5. The van der Waals surface area contributed by atoms with Crippen molar-refractivity contribution in [1.82, 2.24) is 4.90 Å². The normalized spacial score (nSPS) is 22.1. The van der Waals surface area contributed by atoms with Crippen LogP contribution in [-0.4, -0.2) is 47.6 Å². The van der Waals surface area contributed by atoms with E-state index < -0.39 is 6.10 Å². The summed E-state index contributed by atoms with van der Waals surface area (Å²) in [5.41, 5.74) is 1.35. The number of aliphatic hydroxyl groups is 1. The number of benzene rings is 1. The summed E-state index contributed by atoms with van der Waals surface area (Å²) in [4.78, 5) is 26.5. The molecule has 0 aromatic heterocycles. The number of hydrogen-bond acceptors (Lipinski definition) is 4. The van der Waals surface area contributed by atoms with Gasteiger partial charge in [0.2, 0.25) is 11.8 Å². The first-order chi connectivity index (χ1) is 14.2. The van der Waals surface area contributed by atoms with E-state index in [1.165, 1.54) is 19.3 Å². The molecule has 1 heterocycles. The molecular weight excluding hydrogens is 380 g/mol. The number of nitrogens with zero attached hydrogens (tertiary/aromatic N) is 1. The fourth-order valence-corrected chi connectivity index (χ4v) is 4.44. The molecule has 1 saturated heterocycles. The van der Waals surface area contributed by atoms with Gasteiger partial charge in [-0.05, 0) is 41.9 Å². The van der Waals surface area contributed by atoms with E-state index in [-0.39, 0.29) is 29.9 Å². The summed E-state index contributed by atoms with van der Waals surface area (Å²) in [7, 11) is 0. The monoisotopic (exact) mass is 416 g/mol. The Morgan fingerprint density at radius 3 is 2.50 bits per heavy atom. The van der Waals surface area contributed by atoms with Crippen LogP contribution >= 0.6 is 0 Å². The van der Waals surface area contributed by atoms with Gasteiger partial charge < -0.3 is 20.1 Å². The molecule has 1 aromatic rings. The van der Waals surface area contributed by atoms with Crippen LogP contribution in [0.15, 0.2) is 24.3 Å². The number of ether oxygens (including phenoxy) is 1. The number of morpholine rings is 1. The molecule has 0 radical (unpaired) electrons. The Labute approximate surface area is 180 Å². The first-order valence-corrected chi connectivity index (χ1v) is 11.2. The van der Waals surface area contributed by atoms with Crippen molar-refractivity contribution in [2.75, 3.05) is 25.1 Å². The summed E-state index contributed by atoms with van der Waals surface area (Å²) in [5.74, 6) is 0.443. The lowest BCUT2D eigenvalue weighted by Gasteiger charge is -2.40. The van der Waals surface area contributed by atoms with Crippen molar-refractivity contribution < 1.29 is 19.4 Å². The summed E-state index contributed by atoms with van der Waals surface area (Å²) < 4.78 is 5.47. The molecule has 2 N–H and O–H groups in total. The van der Waals surface area contributed by atoms with Crippen LogP contribution in [0.25, 0.3) is 0 Å². The minimum Gasteiger partial charge on any atom is -0.386 e. The van der Waals surface area contributed by atoms with E-state index in [1.807, 2.05) is 37.8 Å². The van der Waals surface area contributed by atoms with Gasteiger partial charge in [0.05, 0.1) is 12.6 Å². The Balaban J connectivity index is 1.65. The van der Waals surface area contributed by atoms with E-state index in [2.05, 4.69) is 5.32 Å². The van der Waals surface area contributed by atoms with Crippen LogP contribution in [0.5, 0.6) is 0 Å². The zero-order valence-corrected chi connectivity index (χ0v) is 18.5. The van der Waals surface area contributed by atoms with Crippen molar-refractivity contribution in [3.63, 3.8) is 0 Å². The van der Waals surface area contributed by atoms with Crippen molar-refractivity contribution in [2.24, 2.45) is 11.3 Å². The summed E-state index contributed by atoms with van der Waals surface area (Å²) in [6.07, 6.45) is 5.63. The molecule has 2 amide bonds. The second kappa shape index (κ2) is 9.92. The van der Waals surface area contributed by atoms with Gasteiger partial charge in [-0.25, -0.2) is 0 Å². The number of aliphatic hydroxyl groups excluding tert-OH is 1. The number of nitrogens with one attached hydrogen (secondary N) is 1. The molecule has 6 nitrogen and oxygen atoms in total. The van der Waals surface area contributed by atoms with Gasteiger partial charge in [-0.1, -0.05) is 52.2 Å². The lowest BCUT2D eigenvalue weighted by Crippen LogP contribution is -2.53. The van der Waals surface area contributed by atoms with Gasteiger partial charge in [0.25, 0.3) is 0 Å². The molecular formula is C24H36N2O4. The van der Waals surface area contributed by atoms with Gasteiger partial charge in [0.1, 0.15) is 12.7 Å². The quantitative estimate of drug-likeness (QED) is 0.737. The molecule has 3 rings (SSSR count). The molecule has 6 heteroatoms. The SMILES string of the molecule is CC(C)(C)CC(=O)Nc1ccc([C@@H](O)[C@H]2COCC(=O)N2CC2CCCCC2)cc1. The molecule has 2 aliphatic rings. The smallest absolute Gasteiger partial charge is 0.249 e.